The van der Waals surface area contributed by atoms with Crippen LogP contribution in [0.2, 0.25) is 0 Å². The van der Waals surface area contributed by atoms with Crippen LogP contribution >= 0.6 is 7.82 Å². The Morgan fingerprint density at radius 3 is 1.89 bits per heavy atom. The van der Waals surface area contributed by atoms with Crippen molar-refractivity contribution in [3.63, 3.8) is 0 Å². The summed E-state index contributed by atoms with van der Waals surface area (Å²) in [6.45, 7) is 3.72. The van der Waals surface area contributed by atoms with Gasteiger partial charge in [-0.3, -0.25) is 18.6 Å². The number of carbonyl (C=O) groups is 2. The van der Waals surface area contributed by atoms with Crippen LogP contribution in [0.4, 0.5) is 0 Å². The van der Waals surface area contributed by atoms with Crippen LogP contribution < -0.4 is 0 Å². The maximum atomic E-state index is 12.2. The van der Waals surface area contributed by atoms with Crippen molar-refractivity contribution in [3.05, 3.63) is 12.2 Å². The van der Waals surface area contributed by atoms with Crippen LogP contribution in [-0.4, -0.2) is 43.3 Å². The summed E-state index contributed by atoms with van der Waals surface area (Å²) in [5.41, 5.74) is 0. The lowest BCUT2D eigenvalue weighted by atomic mass is 10.1. The van der Waals surface area contributed by atoms with E-state index in [0.717, 1.165) is 77.7 Å². The maximum Gasteiger partial charge on any atom is 0.472 e. The molecule has 0 aromatic carbocycles. The molecule has 0 aliphatic heterocycles. The molecule has 0 spiro atoms. The van der Waals surface area contributed by atoms with E-state index in [9.17, 15) is 19.0 Å². The standard InChI is InChI=1S/C27H51O8P/c1-4-6-8-10-12-13-14-15-16-18-19-21-26(28)33-23-25(24-34-36(30,31)32-3)35-27(29)22-20-17-11-9-7-5-2/h10,12,25H,4-9,11,13-24H2,1-3H3,(H,30,31)/b12-10+/t25-/m1/s1. The summed E-state index contributed by atoms with van der Waals surface area (Å²) in [6.07, 6.45) is 20.1. The van der Waals surface area contributed by atoms with E-state index in [-0.39, 0.29) is 25.4 Å². The molecule has 212 valence electrons. The van der Waals surface area contributed by atoms with Gasteiger partial charge in [0.05, 0.1) is 6.61 Å². The number of phosphoric acid groups is 1. The van der Waals surface area contributed by atoms with Gasteiger partial charge in [-0.1, -0.05) is 90.2 Å². The van der Waals surface area contributed by atoms with Gasteiger partial charge in [0.15, 0.2) is 6.10 Å². The quantitative estimate of drug-likeness (QED) is 0.0557. The average Bonchev–Trinajstić information content (AvgIpc) is 2.86. The van der Waals surface area contributed by atoms with Crippen molar-refractivity contribution in [1.29, 1.82) is 0 Å². The highest BCUT2D eigenvalue weighted by Crippen LogP contribution is 2.42. The first-order valence-electron chi connectivity index (χ1n) is 13.9. The van der Waals surface area contributed by atoms with Crippen LogP contribution in [0.15, 0.2) is 12.2 Å². The third kappa shape index (κ3) is 23.2. The Labute approximate surface area is 219 Å². The summed E-state index contributed by atoms with van der Waals surface area (Å²) >= 11 is 0. The molecule has 0 aromatic rings. The lowest BCUT2D eigenvalue weighted by Crippen LogP contribution is -2.29. The van der Waals surface area contributed by atoms with Gasteiger partial charge in [0.2, 0.25) is 0 Å². The zero-order chi connectivity index (χ0) is 26.9. The van der Waals surface area contributed by atoms with E-state index < -0.39 is 26.5 Å². The molecule has 0 heterocycles. The molecule has 0 radical (unpaired) electrons. The Morgan fingerprint density at radius 2 is 1.28 bits per heavy atom. The summed E-state index contributed by atoms with van der Waals surface area (Å²) in [5, 5.41) is 0. The molecule has 2 atom stereocenters. The molecule has 1 N–H and O–H groups in total. The molecule has 0 bridgehead atoms. The molecule has 0 rings (SSSR count). The maximum absolute atomic E-state index is 12.2. The van der Waals surface area contributed by atoms with Crippen molar-refractivity contribution in [2.45, 2.75) is 129 Å². The normalized spacial score (nSPS) is 14.0. The second kappa shape index (κ2) is 24.1. The molecule has 0 aliphatic carbocycles. The van der Waals surface area contributed by atoms with Crippen molar-refractivity contribution in [2.75, 3.05) is 20.3 Å². The largest absolute Gasteiger partial charge is 0.472 e. The van der Waals surface area contributed by atoms with Gasteiger partial charge in [0.1, 0.15) is 6.61 Å². The molecule has 0 amide bonds. The van der Waals surface area contributed by atoms with Crippen LogP contribution in [0, 0.1) is 0 Å². The van der Waals surface area contributed by atoms with Crippen LogP contribution in [-0.2, 0) is 32.7 Å². The Morgan fingerprint density at radius 1 is 0.750 bits per heavy atom. The molecule has 0 saturated carbocycles. The number of phosphoric ester groups is 1. The molecule has 0 aliphatic rings. The lowest BCUT2D eigenvalue weighted by molar-refractivity contribution is -0.161. The highest BCUT2D eigenvalue weighted by atomic mass is 31.2. The first-order valence-corrected chi connectivity index (χ1v) is 15.4. The fourth-order valence-corrected chi connectivity index (χ4v) is 3.98. The van der Waals surface area contributed by atoms with Gasteiger partial charge < -0.3 is 14.4 Å². The van der Waals surface area contributed by atoms with E-state index in [2.05, 4.69) is 30.5 Å². The highest BCUT2D eigenvalue weighted by Gasteiger charge is 2.24. The van der Waals surface area contributed by atoms with Gasteiger partial charge in [-0.15, -0.1) is 0 Å². The minimum Gasteiger partial charge on any atom is -0.462 e. The molecule has 36 heavy (non-hydrogen) atoms. The van der Waals surface area contributed by atoms with Crippen LogP contribution in [0.3, 0.4) is 0 Å². The summed E-state index contributed by atoms with van der Waals surface area (Å²) in [6, 6.07) is 0. The number of carbonyl (C=O) groups excluding carboxylic acids is 2. The van der Waals surface area contributed by atoms with E-state index in [0.29, 0.717) is 6.42 Å². The van der Waals surface area contributed by atoms with E-state index in [1.54, 1.807) is 0 Å². The second-order valence-electron chi connectivity index (χ2n) is 9.18. The summed E-state index contributed by atoms with van der Waals surface area (Å²) in [5.74, 6) is -0.828. The number of rotatable bonds is 25. The summed E-state index contributed by atoms with van der Waals surface area (Å²) in [7, 11) is -3.19. The molecule has 0 aromatic heterocycles. The lowest BCUT2D eigenvalue weighted by Gasteiger charge is -2.19. The Hall–Kier alpha value is -1.21. The second-order valence-corrected chi connectivity index (χ2v) is 10.7. The van der Waals surface area contributed by atoms with E-state index >= 15 is 0 Å². The molecule has 9 heteroatoms. The van der Waals surface area contributed by atoms with Crippen LogP contribution in [0.1, 0.15) is 123 Å². The monoisotopic (exact) mass is 534 g/mol. The fraction of sp³-hybridized carbons (Fsp3) is 0.852. The van der Waals surface area contributed by atoms with Crippen molar-refractivity contribution in [2.24, 2.45) is 0 Å². The van der Waals surface area contributed by atoms with E-state index in [1.807, 2.05) is 0 Å². The van der Waals surface area contributed by atoms with Crippen molar-refractivity contribution >= 4 is 19.8 Å². The Balaban J connectivity index is 4.18. The van der Waals surface area contributed by atoms with Crippen molar-refractivity contribution in [1.82, 2.24) is 0 Å². The number of esters is 2. The first-order chi connectivity index (χ1) is 17.3. The molecule has 8 nitrogen and oxygen atoms in total. The zero-order valence-corrected chi connectivity index (χ0v) is 23.8. The van der Waals surface area contributed by atoms with Crippen LogP contribution in [0.25, 0.3) is 0 Å². The minimum atomic E-state index is -4.23. The Bertz CT molecular complexity index is 623. The molecule has 1 unspecified atom stereocenters. The van der Waals surface area contributed by atoms with E-state index in [4.69, 9.17) is 14.0 Å². The van der Waals surface area contributed by atoms with E-state index in [1.165, 1.54) is 19.3 Å². The van der Waals surface area contributed by atoms with Gasteiger partial charge >= 0.3 is 19.8 Å². The number of unbranched alkanes of at least 4 members (excludes halogenated alkanes) is 12. The fourth-order valence-electron chi connectivity index (χ4n) is 3.52. The first kappa shape index (κ1) is 34.8. The number of ether oxygens (including phenoxy) is 2. The van der Waals surface area contributed by atoms with Crippen molar-refractivity contribution in [3.8, 4) is 0 Å². The minimum absolute atomic E-state index is 0.227. The predicted octanol–water partition coefficient (Wildman–Crippen LogP) is 7.43. The average molecular weight is 535 g/mol. The van der Waals surface area contributed by atoms with Gasteiger partial charge in [0, 0.05) is 20.0 Å². The number of hydrogen-bond donors (Lipinski definition) is 1. The van der Waals surface area contributed by atoms with Gasteiger partial charge in [-0.05, 0) is 32.1 Å². The van der Waals surface area contributed by atoms with Crippen molar-refractivity contribution < 1.29 is 37.6 Å². The predicted molar refractivity (Wildman–Crippen MR) is 143 cm³/mol. The highest BCUT2D eigenvalue weighted by molar-refractivity contribution is 7.47. The van der Waals surface area contributed by atoms with Gasteiger partial charge in [0.25, 0.3) is 0 Å². The van der Waals surface area contributed by atoms with Crippen LogP contribution in [0.5, 0.6) is 0 Å². The molecule has 0 fully saturated rings. The van der Waals surface area contributed by atoms with Gasteiger partial charge in [-0.2, -0.15) is 0 Å². The third-order valence-electron chi connectivity index (χ3n) is 5.76. The SMILES string of the molecule is CCCC/C=C/CCCCCCCC(=O)OC[C@H](COP(=O)(O)OC)OC(=O)CCCCCCCC. The molecular weight excluding hydrogens is 483 g/mol. The van der Waals surface area contributed by atoms with Gasteiger partial charge in [-0.25, -0.2) is 4.57 Å². The number of allylic oxidation sites excluding steroid dienone is 2. The molecular formula is C27H51O8P. The topological polar surface area (TPSA) is 108 Å². The third-order valence-corrected chi connectivity index (χ3v) is 6.70. The number of hydrogen-bond acceptors (Lipinski definition) is 7. The Kier molecular flexibility index (Phi) is 23.3. The zero-order valence-electron chi connectivity index (χ0n) is 22.9. The summed E-state index contributed by atoms with van der Waals surface area (Å²) in [4.78, 5) is 33.7. The summed E-state index contributed by atoms with van der Waals surface area (Å²) < 4.78 is 31.4. The smallest absolute Gasteiger partial charge is 0.462 e. The molecule has 0 saturated heterocycles.